The van der Waals surface area contributed by atoms with Crippen molar-refractivity contribution >= 4 is 10.8 Å². The van der Waals surface area contributed by atoms with E-state index in [-0.39, 0.29) is 6.04 Å². The zero-order valence-electron chi connectivity index (χ0n) is 10.7. The number of allylic oxidation sites excluding steroid dienone is 1. The van der Waals surface area contributed by atoms with Gasteiger partial charge in [-0.05, 0) is 29.7 Å². The second-order valence-corrected chi connectivity index (χ2v) is 4.38. The molecule has 18 heavy (non-hydrogen) atoms. The summed E-state index contributed by atoms with van der Waals surface area (Å²) in [7, 11) is 1.69. The lowest BCUT2D eigenvalue weighted by Gasteiger charge is -2.17. The van der Waals surface area contributed by atoms with Crippen molar-refractivity contribution in [1.29, 1.82) is 0 Å². The van der Waals surface area contributed by atoms with Gasteiger partial charge < -0.3 is 10.5 Å². The van der Waals surface area contributed by atoms with E-state index in [0.29, 0.717) is 0 Å². The Kier molecular flexibility index (Phi) is 4.00. The van der Waals surface area contributed by atoms with Crippen LogP contribution in [0.25, 0.3) is 10.8 Å². The summed E-state index contributed by atoms with van der Waals surface area (Å²) in [5.74, 6) is 0.866. The lowest BCUT2D eigenvalue weighted by molar-refractivity contribution is 0.405. The summed E-state index contributed by atoms with van der Waals surface area (Å²) in [6, 6.07) is 12.3. The summed E-state index contributed by atoms with van der Waals surface area (Å²) in [6.07, 6.45) is 3.69. The van der Waals surface area contributed by atoms with Gasteiger partial charge in [-0.1, -0.05) is 36.4 Å². The number of fused-ring (bicyclic) bond motifs is 1. The highest BCUT2D eigenvalue weighted by Crippen LogP contribution is 2.33. The van der Waals surface area contributed by atoms with Crippen LogP contribution in [0.15, 0.2) is 49.1 Å². The van der Waals surface area contributed by atoms with Crippen LogP contribution in [0, 0.1) is 0 Å². The van der Waals surface area contributed by atoms with Gasteiger partial charge in [0.15, 0.2) is 0 Å². The molecule has 0 aromatic heterocycles. The first kappa shape index (κ1) is 12.7. The van der Waals surface area contributed by atoms with Gasteiger partial charge in [-0.2, -0.15) is 0 Å². The number of benzene rings is 2. The van der Waals surface area contributed by atoms with Crippen LogP contribution in [0.2, 0.25) is 0 Å². The molecule has 0 amide bonds. The van der Waals surface area contributed by atoms with Crippen molar-refractivity contribution in [3.05, 3.63) is 54.6 Å². The summed E-state index contributed by atoms with van der Waals surface area (Å²) in [4.78, 5) is 0. The molecule has 2 aromatic carbocycles. The number of methoxy groups -OCH3 is 1. The highest BCUT2D eigenvalue weighted by atomic mass is 16.5. The topological polar surface area (TPSA) is 35.2 Å². The van der Waals surface area contributed by atoms with Gasteiger partial charge in [-0.25, -0.2) is 0 Å². The molecule has 2 rings (SSSR count). The number of nitrogens with two attached hydrogens (primary N) is 1. The molecule has 0 saturated heterocycles. The van der Waals surface area contributed by atoms with Crippen molar-refractivity contribution in [3.8, 4) is 5.75 Å². The van der Waals surface area contributed by atoms with Gasteiger partial charge in [-0.15, -0.1) is 6.58 Å². The third-order valence-electron chi connectivity index (χ3n) is 3.20. The van der Waals surface area contributed by atoms with Crippen LogP contribution in [0.5, 0.6) is 5.75 Å². The molecule has 2 heteroatoms. The van der Waals surface area contributed by atoms with E-state index in [4.69, 9.17) is 10.5 Å². The predicted molar refractivity (Wildman–Crippen MR) is 76.9 cm³/mol. The fourth-order valence-corrected chi connectivity index (χ4v) is 2.28. The molecule has 0 bridgehead atoms. The quantitative estimate of drug-likeness (QED) is 0.808. The van der Waals surface area contributed by atoms with E-state index in [0.717, 1.165) is 24.2 Å². The largest absolute Gasteiger partial charge is 0.496 e. The maximum atomic E-state index is 6.30. The highest BCUT2D eigenvalue weighted by molar-refractivity contribution is 5.88. The Morgan fingerprint density at radius 1 is 1.28 bits per heavy atom. The van der Waals surface area contributed by atoms with Gasteiger partial charge in [-0.3, -0.25) is 0 Å². The molecule has 0 saturated carbocycles. The van der Waals surface area contributed by atoms with Crippen LogP contribution in [-0.2, 0) is 0 Å². The van der Waals surface area contributed by atoms with Crippen molar-refractivity contribution in [2.24, 2.45) is 5.73 Å². The summed E-state index contributed by atoms with van der Waals surface area (Å²) < 4.78 is 5.45. The summed E-state index contributed by atoms with van der Waals surface area (Å²) in [6.45, 7) is 3.74. The molecule has 0 spiro atoms. The molecule has 94 valence electrons. The smallest absolute Gasteiger partial charge is 0.124 e. The molecule has 2 nitrogen and oxygen atoms in total. The number of hydrogen-bond acceptors (Lipinski definition) is 2. The lowest BCUT2D eigenvalue weighted by atomic mass is 9.95. The Balaban J connectivity index is 2.53. The van der Waals surface area contributed by atoms with Crippen molar-refractivity contribution in [2.45, 2.75) is 18.9 Å². The maximum absolute atomic E-state index is 6.30. The second-order valence-electron chi connectivity index (χ2n) is 4.38. The molecule has 0 fully saturated rings. The first-order chi connectivity index (χ1) is 8.77. The third-order valence-corrected chi connectivity index (χ3v) is 3.20. The van der Waals surface area contributed by atoms with Crippen molar-refractivity contribution in [3.63, 3.8) is 0 Å². The van der Waals surface area contributed by atoms with Crippen LogP contribution >= 0.6 is 0 Å². The minimum Gasteiger partial charge on any atom is -0.496 e. The molecular formula is C16H19NO. The fourth-order valence-electron chi connectivity index (χ4n) is 2.28. The molecule has 2 N–H and O–H groups in total. The molecule has 0 aliphatic rings. The van der Waals surface area contributed by atoms with E-state index in [2.05, 4.69) is 24.8 Å². The third kappa shape index (κ3) is 2.39. The van der Waals surface area contributed by atoms with E-state index in [1.807, 2.05) is 24.3 Å². The standard InChI is InChI=1S/C16H19NO/c1-3-4-9-14(17)16-13-8-6-5-7-12(13)10-11-15(16)18-2/h3,5-8,10-11,14H,1,4,9,17H2,2H3/t14-/m1/s1. The summed E-state index contributed by atoms with van der Waals surface area (Å²) >= 11 is 0. The Bertz CT molecular complexity index is 548. The van der Waals surface area contributed by atoms with Gasteiger partial charge in [0.1, 0.15) is 5.75 Å². The Morgan fingerprint density at radius 3 is 2.78 bits per heavy atom. The van der Waals surface area contributed by atoms with E-state index in [9.17, 15) is 0 Å². The average Bonchev–Trinajstić information content (AvgIpc) is 2.43. The van der Waals surface area contributed by atoms with Crippen LogP contribution in [-0.4, -0.2) is 7.11 Å². The maximum Gasteiger partial charge on any atom is 0.124 e. The SMILES string of the molecule is C=CCC[C@@H](N)c1c(OC)ccc2ccccc12. The van der Waals surface area contributed by atoms with Gasteiger partial charge in [0.2, 0.25) is 0 Å². The van der Waals surface area contributed by atoms with Crippen LogP contribution < -0.4 is 10.5 Å². The Labute approximate surface area is 108 Å². The van der Waals surface area contributed by atoms with Crippen LogP contribution in [0.1, 0.15) is 24.4 Å². The molecule has 0 heterocycles. The van der Waals surface area contributed by atoms with Crippen molar-refractivity contribution in [2.75, 3.05) is 7.11 Å². The minimum absolute atomic E-state index is 0.0240. The Hall–Kier alpha value is -1.80. The first-order valence-corrected chi connectivity index (χ1v) is 6.20. The normalized spacial score (nSPS) is 12.3. The van der Waals surface area contributed by atoms with Gasteiger partial charge >= 0.3 is 0 Å². The highest BCUT2D eigenvalue weighted by Gasteiger charge is 2.14. The van der Waals surface area contributed by atoms with Crippen LogP contribution in [0.4, 0.5) is 0 Å². The van der Waals surface area contributed by atoms with Gasteiger partial charge in [0.05, 0.1) is 7.11 Å². The molecule has 0 aliphatic heterocycles. The zero-order valence-corrected chi connectivity index (χ0v) is 10.7. The predicted octanol–water partition coefficient (Wildman–Crippen LogP) is 3.81. The van der Waals surface area contributed by atoms with E-state index in [1.54, 1.807) is 7.11 Å². The van der Waals surface area contributed by atoms with E-state index in [1.165, 1.54) is 10.8 Å². The monoisotopic (exact) mass is 241 g/mol. The van der Waals surface area contributed by atoms with Gasteiger partial charge in [0.25, 0.3) is 0 Å². The molecule has 2 aromatic rings. The molecule has 0 aliphatic carbocycles. The number of rotatable bonds is 5. The number of ether oxygens (including phenoxy) is 1. The average molecular weight is 241 g/mol. The summed E-state index contributed by atoms with van der Waals surface area (Å²) in [5, 5.41) is 2.37. The second kappa shape index (κ2) is 5.69. The number of hydrogen-bond donors (Lipinski definition) is 1. The molecule has 0 unspecified atom stereocenters. The molecular weight excluding hydrogens is 222 g/mol. The zero-order chi connectivity index (χ0) is 13.0. The van der Waals surface area contributed by atoms with Crippen LogP contribution in [0.3, 0.4) is 0 Å². The first-order valence-electron chi connectivity index (χ1n) is 6.20. The van der Waals surface area contributed by atoms with Crippen molar-refractivity contribution in [1.82, 2.24) is 0 Å². The minimum atomic E-state index is -0.0240. The fraction of sp³-hybridized carbons (Fsp3) is 0.250. The van der Waals surface area contributed by atoms with Crippen molar-refractivity contribution < 1.29 is 4.74 Å². The Morgan fingerprint density at radius 2 is 2.06 bits per heavy atom. The lowest BCUT2D eigenvalue weighted by Crippen LogP contribution is -2.11. The van der Waals surface area contributed by atoms with E-state index < -0.39 is 0 Å². The van der Waals surface area contributed by atoms with Gasteiger partial charge in [0, 0.05) is 11.6 Å². The molecule has 1 atom stereocenters. The van der Waals surface area contributed by atoms with E-state index >= 15 is 0 Å². The molecule has 0 radical (unpaired) electrons. The summed E-state index contributed by atoms with van der Waals surface area (Å²) in [5.41, 5.74) is 7.39.